The number of thiol groups is 1. The Hall–Kier alpha value is -2.41. The van der Waals surface area contributed by atoms with Crippen LogP contribution in [0.1, 0.15) is 83.8 Å². The molecule has 1 unspecified atom stereocenters. The van der Waals surface area contributed by atoms with E-state index in [9.17, 15) is 4.79 Å². The number of aryl methyl sites for hydroxylation is 1. The van der Waals surface area contributed by atoms with Gasteiger partial charge in [0.1, 0.15) is 5.75 Å². The summed E-state index contributed by atoms with van der Waals surface area (Å²) in [6, 6.07) is 15.0. The molecule has 0 aliphatic carbocycles. The Morgan fingerprint density at radius 1 is 1.23 bits per heavy atom. The Morgan fingerprint density at radius 2 is 1.89 bits per heavy atom. The number of nitrogens with two attached hydrogens (primary N) is 1. The Kier molecular flexibility index (Phi) is 23.5. The molecule has 2 aromatic rings. The van der Waals surface area contributed by atoms with E-state index in [-0.39, 0.29) is 5.91 Å². The van der Waals surface area contributed by atoms with Crippen molar-refractivity contribution >= 4 is 35.8 Å². The number of para-hydroxylation sites is 1. The zero-order chi connectivity index (χ0) is 33.5. The first-order valence-corrected chi connectivity index (χ1v) is 17.1. The monoisotopic (exact) mass is 646 g/mol. The topological polar surface area (TPSA) is 75.8 Å². The van der Waals surface area contributed by atoms with Crippen LogP contribution >= 0.6 is 24.2 Å². The number of primary amides is 1. The molecule has 1 amide bonds. The van der Waals surface area contributed by atoms with Gasteiger partial charge in [0.15, 0.2) is 0 Å². The molecule has 3 N–H and O–H groups in total. The molecule has 0 saturated heterocycles. The van der Waals surface area contributed by atoms with E-state index >= 15 is 0 Å². The van der Waals surface area contributed by atoms with Gasteiger partial charge in [-0.05, 0) is 79.0 Å². The van der Waals surface area contributed by atoms with Crippen molar-refractivity contribution in [3.8, 4) is 5.75 Å². The number of carbonyl (C=O) groups is 1. The molecule has 0 spiro atoms. The number of ether oxygens (including phenoxy) is 1. The summed E-state index contributed by atoms with van der Waals surface area (Å²) in [6.07, 6.45) is 11.8. The van der Waals surface area contributed by atoms with Crippen LogP contribution in [0.3, 0.4) is 0 Å². The summed E-state index contributed by atoms with van der Waals surface area (Å²) in [7, 11) is 1.00. The van der Waals surface area contributed by atoms with E-state index in [1.165, 1.54) is 43.0 Å². The molecule has 0 radical (unpaired) electrons. The highest BCUT2D eigenvalue weighted by Crippen LogP contribution is 2.46. The Morgan fingerprint density at radius 3 is 2.50 bits per heavy atom. The second-order valence-corrected chi connectivity index (χ2v) is 11.7. The Bertz CT molecular complexity index is 1080. The number of hydrogen-bond acceptors (Lipinski definition) is 5. The van der Waals surface area contributed by atoms with Gasteiger partial charge in [0.25, 0.3) is 0 Å². The lowest BCUT2D eigenvalue weighted by Gasteiger charge is -2.27. The maximum atomic E-state index is 9.22. The molecule has 2 aliphatic heterocycles. The van der Waals surface area contributed by atoms with Gasteiger partial charge in [0.05, 0.1) is 12.3 Å². The van der Waals surface area contributed by atoms with E-state index in [1.807, 2.05) is 19.9 Å². The maximum Gasteiger partial charge on any atom is 0.214 e. The lowest BCUT2D eigenvalue weighted by atomic mass is 9.82. The van der Waals surface area contributed by atoms with Crippen molar-refractivity contribution in [3.63, 3.8) is 0 Å². The number of rotatable bonds is 9. The fourth-order valence-corrected chi connectivity index (χ4v) is 5.96. The molecular weight excluding hydrogens is 588 g/mol. The first kappa shape index (κ1) is 41.6. The number of halogens is 1. The van der Waals surface area contributed by atoms with Crippen molar-refractivity contribution in [2.24, 2.45) is 23.5 Å². The number of amides is 1. The highest BCUT2D eigenvalue weighted by Gasteiger charge is 2.33. The van der Waals surface area contributed by atoms with Crippen molar-refractivity contribution in [1.82, 2.24) is 0 Å². The SMILES string of the molecule is C=C.CC.CC(N)=O.CC[C@@H]1CCN2CC(CCCc3cccc(Cl)c3)COc3cccc(c32)[C@H]1/C=C/C[C@H](C)CS.CO. The number of aliphatic hydroxyl groups is 1. The number of aliphatic hydroxyl groups excluding tert-OH is 1. The molecule has 2 aromatic carbocycles. The van der Waals surface area contributed by atoms with Crippen molar-refractivity contribution in [2.75, 3.05) is 37.5 Å². The van der Waals surface area contributed by atoms with Crippen molar-refractivity contribution in [3.05, 3.63) is 83.9 Å². The summed E-state index contributed by atoms with van der Waals surface area (Å²) in [4.78, 5) is 11.9. The number of anilines is 1. The zero-order valence-electron chi connectivity index (χ0n) is 28.1. The minimum atomic E-state index is -0.333. The number of nitrogens with zero attached hydrogens (tertiary/aromatic N) is 1. The molecule has 4 rings (SSSR count). The second kappa shape index (κ2) is 24.9. The number of carbonyl (C=O) groups excluding carboxylic acids is 1. The van der Waals surface area contributed by atoms with Crippen molar-refractivity contribution in [1.29, 1.82) is 0 Å². The van der Waals surface area contributed by atoms with E-state index in [2.05, 4.69) is 98.8 Å². The summed E-state index contributed by atoms with van der Waals surface area (Å²) >= 11 is 10.6. The summed E-state index contributed by atoms with van der Waals surface area (Å²) < 4.78 is 6.47. The Labute approximate surface area is 279 Å². The molecule has 44 heavy (non-hydrogen) atoms. The van der Waals surface area contributed by atoms with Gasteiger partial charge >= 0.3 is 0 Å². The normalized spacial score (nSPS) is 18.8. The van der Waals surface area contributed by atoms with Gasteiger partial charge in [-0.1, -0.05) is 82.1 Å². The average Bonchev–Trinajstić information content (AvgIpc) is 3.31. The smallest absolute Gasteiger partial charge is 0.214 e. The van der Waals surface area contributed by atoms with E-state index in [4.69, 9.17) is 21.4 Å². The molecule has 0 fully saturated rings. The highest BCUT2D eigenvalue weighted by atomic mass is 35.5. The van der Waals surface area contributed by atoms with E-state index < -0.39 is 0 Å². The molecule has 2 heterocycles. The minimum absolute atomic E-state index is 0.333. The third-order valence-electron chi connectivity index (χ3n) is 7.62. The van der Waals surface area contributed by atoms with Gasteiger partial charge in [0, 0.05) is 44.0 Å². The minimum Gasteiger partial charge on any atom is -0.491 e. The summed E-state index contributed by atoms with van der Waals surface area (Å²) in [5.41, 5.74) is 8.61. The second-order valence-electron chi connectivity index (χ2n) is 10.9. The summed E-state index contributed by atoms with van der Waals surface area (Å²) in [5, 5.41) is 7.83. The molecule has 0 saturated carbocycles. The summed E-state index contributed by atoms with van der Waals surface area (Å²) in [5.74, 6) is 3.97. The van der Waals surface area contributed by atoms with Crippen LogP contribution in [-0.2, 0) is 11.2 Å². The number of hydrogen-bond donors (Lipinski definition) is 3. The van der Waals surface area contributed by atoms with Crippen LogP contribution in [0, 0.1) is 17.8 Å². The van der Waals surface area contributed by atoms with Crippen LogP contribution in [-0.4, -0.2) is 43.6 Å². The maximum absolute atomic E-state index is 9.22. The predicted molar refractivity (Wildman–Crippen MR) is 196 cm³/mol. The van der Waals surface area contributed by atoms with Crippen LogP contribution in [0.2, 0.25) is 5.02 Å². The predicted octanol–water partition coefficient (Wildman–Crippen LogP) is 9.13. The van der Waals surface area contributed by atoms with Crippen molar-refractivity contribution in [2.45, 2.75) is 79.1 Å². The number of benzene rings is 2. The largest absolute Gasteiger partial charge is 0.491 e. The van der Waals surface area contributed by atoms with Gasteiger partial charge in [-0.3, -0.25) is 4.79 Å². The van der Waals surface area contributed by atoms with Crippen LogP contribution in [0.4, 0.5) is 5.69 Å². The quantitative estimate of drug-likeness (QED) is 0.188. The van der Waals surface area contributed by atoms with Gasteiger partial charge in [0.2, 0.25) is 5.91 Å². The third kappa shape index (κ3) is 14.6. The van der Waals surface area contributed by atoms with Gasteiger partial charge in [-0.15, -0.1) is 13.2 Å². The van der Waals surface area contributed by atoms with E-state index in [1.54, 1.807) is 0 Å². The molecule has 0 aromatic heterocycles. The average molecular weight is 647 g/mol. The van der Waals surface area contributed by atoms with Gasteiger partial charge < -0.3 is 20.5 Å². The molecule has 2 aliphatic rings. The van der Waals surface area contributed by atoms with Crippen LogP contribution < -0.4 is 15.4 Å². The molecule has 248 valence electrons. The molecule has 7 heteroatoms. The molecular formula is C37H59ClN2O3S. The molecule has 4 atom stereocenters. The number of allylic oxidation sites excluding steroid dienone is 2. The summed E-state index contributed by atoms with van der Waals surface area (Å²) in [6.45, 7) is 18.9. The zero-order valence-corrected chi connectivity index (χ0v) is 29.8. The first-order chi connectivity index (χ1) is 21.3. The fourth-order valence-electron chi connectivity index (χ4n) is 5.60. The van der Waals surface area contributed by atoms with Gasteiger partial charge in [-0.2, -0.15) is 12.6 Å². The van der Waals surface area contributed by atoms with E-state index in [0.717, 1.165) is 62.6 Å². The highest BCUT2D eigenvalue weighted by molar-refractivity contribution is 7.80. The lowest BCUT2D eigenvalue weighted by Crippen LogP contribution is -2.31. The lowest BCUT2D eigenvalue weighted by molar-refractivity contribution is -0.115. The molecule has 0 bridgehead atoms. The standard InChI is InChI=1S/C30H40ClNOS.C2H5NO.C2H6.C2H4.CH4O/c1-3-25-16-17-32-19-24(11-5-9-23-10-6-12-26(31)18-23)20-33-29-15-7-14-28(30(29)32)27(25)13-4-8-22(2)21-34;1-2(3)4;3*1-2/h4,6-7,10,12-15,18,22,24-25,27,34H,3,5,8-9,11,16-17,19-21H2,1-2H3;1H3,(H2,3,4);1-2H3;1-2H2;2H,1H3/b13-4+;;;;/t22-,24?,25+,27-;;;;/m0..../s1. The van der Waals surface area contributed by atoms with Gasteiger partial charge in [-0.25, -0.2) is 0 Å². The fraction of sp³-hybridized carbons (Fsp3) is 0.541. The van der Waals surface area contributed by atoms with E-state index in [0.29, 0.717) is 23.7 Å². The molecule has 5 nitrogen and oxygen atoms in total. The Balaban J connectivity index is 0.00000165. The van der Waals surface area contributed by atoms with Crippen molar-refractivity contribution < 1.29 is 14.6 Å². The van der Waals surface area contributed by atoms with Crippen LogP contribution in [0.15, 0.2) is 67.8 Å². The van der Waals surface area contributed by atoms with Crippen LogP contribution in [0.5, 0.6) is 5.75 Å². The third-order valence-corrected chi connectivity index (χ3v) is 8.48. The van der Waals surface area contributed by atoms with Crippen LogP contribution in [0.25, 0.3) is 0 Å². The first-order valence-electron chi connectivity index (χ1n) is 16.1.